The molecule has 0 aromatic carbocycles. The molecular weight excluding hydrogens is 391 g/mol. The van der Waals surface area contributed by atoms with Crippen molar-refractivity contribution in [1.29, 1.82) is 0 Å². The molecule has 29 heavy (non-hydrogen) atoms. The molecule has 0 amide bonds. The van der Waals surface area contributed by atoms with E-state index in [-0.39, 0.29) is 0 Å². The Morgan fingerprint density at radius 1 is 1.24 bits per heavy atom. The normalized spacial score (nSPS) is 16.9. The van der Waals surface area contributed by atoms with Gasteiger partial charge in [-0.1, -0.05) is 5.21 Å². The van der Waals surface area contributed by atoms with Crippen molar-refractivity contribution in [1.82, 2.24) is 29.9 Å². The summed E-state index contributed by atoms with van der Waals surface area (Å²) in [5.41, 5.74) is 2.25. The minimum absolute atomic E-state index is 0.622. The molecule has 0 radical (unpaired) electrons. The number of halogens is 3. The summed E-state index contributed by atoms with van der Waals surface area (Å²) in [6.07, 6.45) is 2.33. The van der Waals surface area contributed by atoms with E-state index in [9.17, 15) is 13.2 Å². The molecule has 1 fully saturated rings. The lowest BCUT2D eigenvalue weighted by molar-refractivity contribution is -0.192. The van der Waals surface area contributed by atoms with Gasteiger partial charge in [-0.05, 0) is 31.2 Å². The van der Waals surface area contributed by atoms with Gasteiger partial charge in [0.2, 0.25) is 5.95 Å². The van der Waals surface area contributed by atoms with Crippen LogP contribution in [0, 0.1) is 5.92 Å². The molecule has 0 atom stereocenters. The third-order valence-electron chi connectivity index (χ3n) is 4.57. The Kier molecular flexibility index (Phi) is 6.62. The summed E-state index contributed by atoms with van der Waals surface area (Å²) in [6.45, 7) is 4.92. The number of anilines is 1. The van der Waals surface area contributed by atoms with E-state index in [4.69, 9.17) is 9.90 Å². The van der Waals surface area contributed by atoms with E-state index in [1.165, 1.54) is 25.1 Å². The van der Waals surface area contributed by atoms with Gasteiger partial charge < -0.3 is 10.4 Å². The highest BCUT2D eigenvalue weighted by atomic mass is 19.4. The van der Waals surface area contributed by atoms with Gasteiger partial charge in [0.05, 0.1) is 12.2 Å². The van der Waals surface area contributed by atoms with Gasteiger partial charge in [-0.2, -0.15) is 13.2 Å². The number of carboxylic acids is 1. The van der Waals surface area contributed by atoms with Crippen LogP contribution >= 0.6 is 0 Å². The molecule has 9 nitrogen and oxygen atoms in total. The number of rotatable bonds is 5. The number of aliphatic carboxylic acids is 1. The van der Waals surface area contributed by atoms with E-state index in [0.717, 1.165) is 37.7 Å². The number of nitrogens with one attached hydrogen (secondary N) is 1. The minimum Gasteiger partial charge on any atom is -0.475 e. The molecule has 0 bridgehead atoms. The fourth-order valence-corrected chi connectivity index (χ4v) is 2.97. The second-order valence-corrected chi connectivity index (χ2v) is 6.97. The molecule has 2 N–H and O–H groups in total. The summed E-state index contributed by atoms with van der Waals surface area (Å²) in [5, 5.41) is 19.0. The molecule has 1 saturated carbocycles. The first-order valence-electron chi connectivity index (χ1n) is 9.27. The number of aromatic nitrogens is 5. The maximum Gasteiger partial charge on any atom is 0.490 e. The fraction of sp³-hybridized carbons (Fsp3) is 0.588. The zero-order valence-corrected chi connectivity index (χ0v) is 15.6. The van der Waals surface area contributed by atoms with Crippen LogP contribution < -0.4 is 5.32 Å². The Bertz CT molecular complexity index is 809. The molecule has 3 heterocycles. The standard InChI is InChI=1S/C15H21N7.C2HF3O2/c1-5-16-15(17-6-1)18-9-13-14-11-21(10-12-3-4-12)7-2-8-22(14)20-19-13;3-2(4,5)1(6)7/h1,5-6,12H,2-4,7-11H2,(H,16,17,18);(H,6,7). The lowest BCUT2D eigenvalue weighted by Gasteiger charge is -2.19. The van der Waals surface area contributed by atoms with Gasteiger partial charge in [0.1, 0.15) is 5.69 Å². The summed E-state index contributed by atoms with van der Waals surface area (Å²) >= 11 is 0. The summed E-state index contributed by atoms with van der Waals surface area (Å²) in [4.78, 5) is 19.8. The highest BCUT2D eigenvalue weighted by Gasteiger charge is 2.38. The van der Waals surface area contributed by atoms with E-state index in [1.807, 2.05) is 6.07 Å². The number of aryl methyl sites for hydroxylation is 1. The molecule has 2 aliphatic rings. The molecule has 0 unspecified atom stereocenters. The molecule has 12 heteroatoms. The van der Waals surface area contributed by atoms with E-state index in [1.54, 1.807) is 12.4 Å². The summed E-state index contributed by atoms with van der Waals surface area (Å²) in [7, 11) is 0. The third kappa shape index (κ3) is 6.38. The van der Waals surface area contributed by atoms with Crippen LogP contribution in [0.15, 0.2) is 18.5 Å². The molecule has 2 aromatic rings. The second kappa shape index (κ2) is 9.16. The molecular formula is C17H22F3N7O2. The minimum atomic E-state index is -5.08. The van der Waals surface area contributed by atoms with E-state index in [0.29, 0.717) is 12.5 Å². The smallest absolute Gasteiger partial charge is 0.475 e. The van der Waals surface area contributed by atoms with Crippen molar-refractivity contribution in [2.45, 2.75) is 45.1 Å². The van der Waals surface area contributed by atoms with Crippen LogP contribution in [0.4, 0.5) is 19.1 Å². The van der Waals surface area contributed by atoms with Gasteiger partial charge in [0, 0.05) is 38.6 Å². The second-order valence-electron chi connectivity index (χ2n) is 6.97. The highest BCUT2D eigenvalue weighted by molar-refractivity contribution is 5.73. The van der Waals surface area contributed by atoms with Gasteiger partial charge in [-0.25, -0.2) is 19.4 Å². The quantitative estimate of drug-likeness (QED) is 0.765. The maximum atomic E-state index is 10.6. The monoisotopic (exact) mass is 413 g/mol. The van der Waals surface area contributed by atoms with E-state index >= 15 is 0 Å². The van der Waals surface area contributed by atoms with Crippen LogP contribution in [-0.2, 0) is 24.4 Å². The molecule has 2 aromatic heterocycles. The fourth-order valence-electron chi connectivity index (χ4n) is 2.97. The van der Waals surface area contributed by atoms with E-state index in [2.05, 4.69) is 35.2 Å². The first-order valence-corrected chi connectivity index (χ1v) is 9.27. The van der Waals surface area contributed by atoms with Crippen LogP contribution in [0.25, 0.3) is 0 Å². The van der Waals surface area contributed by atoms with Crippen molar-refractivity contribution in [3.05, 3.63) is 29.8 Å². The lowest BCUT2D eigenvalue weighted by Crippen LogP contribution is -2.26. The molecule has 0 saturated heterocycles. The van der Waals surface area contributed by atoms with Gasteiger partial charge in [-0.3, -0.25) is 4.90 Å². The van der Waals surface area contributed by atoms with E-state index < -0.39 is 12.1 Å². The average Bonchev–Trinajstić information content (AvgIpc) is 3.45. The Hall–Kier alpha value is -2.76. The number of alkyl halides is 3. The van der Waals surface area contributed by atoms with Crippen LogP contribution in [0.3, 0.4) is 0 Å². The number of carboxylic acid groups (broad SMARTS) is 1. The summed E-state index contributed by atoms with van der Waals surface area (Å²) in [5.74, 6) is -1.21. The average molecular weight is 413 g/mol. The number of carbonyl (C=O) groups is 1. The third-order valence-corrected chi connectivity index (χ3v) is 4.57. The summed E-state index contributed by atoms with van der Waals surface area (Å²) in [6, 6.07) is 1.81. The van der Waals surface area contributed by atoms with Gasteiger partial charge in [0.15, 0.2) is 0 Å². The lowest BCUT2D eigenvalue weighted by atomic mass is 10.2. The zero-order chi connectivity index (χ0) is 20.9. The predicted molar refractivity (Wildman–Crippen MR) is 95.7 cm³/mol. The summed E-state index contributed by atoms with van der Waals surface area (Å²) < 4.78 is 33.8. The molecule has 4 rings (SSSR count). The van der Waals surface area contributed by atoms with Gasteiger partial charge >= 0.3 is 12.1 Å². The largest absolute Gasteiger partial charge is 0.490 e. The van der Waals surface area contributed by atoms with Crippen molar-refractivity contribution >= 4 is 11.9 Å². The van der Waals surface area contributed by atoms with Crippen LogP contribution in [0.5, 0.6) is 0 Å². The van der Waals surface area contributed by atoms with Crippen LogP contribution in [0.2, 0.25) is 0 Å². The molecule has 158 valence electrons. The number of hydrogen-bond acceptors (Lipinski definition) is 7. The maximum absolute atomic E-state index is 10.6. The van der Waals surface area contributed by atoms with Crippen molar-refractivity contribution in [3.63, 3.8) is 0 Å². The van der Waals surface area contributed by atoms with Crippen molar-refractivity contribution in [2.24, 2.45) is 5.92 Å². The first kappa shape index (κ1) is 21.0. The van der Waals surface area contributed by atoms with Gasteiger partial charge in [0.25, 0.3) is 0 Å². The number of hydrogen-bond donors (Lipinski definition) is 2. The molecule has 1 aliphatic carbocycles. The molecule has 0 spiro atoms. The van der Waals surface area contributed by atoms with Crippen molar-refractivity contribution in [2.75, 3.05) is 18.4 Å². The Labute approximate surface area is 164 Å². The van der Waals surface area contributed by atoms with Crippen LogP contribution in [-0.4, -0.2) is 60.2 Å². The molecule has 1 aliphatic heterocycles. The first-order chi connectivity index (χ1) is 13.8. The SMILES string of the molecule is O=C(O)C(F)(F)F.c1cnc(NCc2nnn3c2CN(CC2CC2)CCC3)nc1. The highest BCUT2D eigenvalue weighted by Crippen LogP contribution is 2.30. The van der Waals surface area contributed by atoms with Gasteiger partial charge in [-0.15, -0.1) is 5.10 Å². The number of fused-ring (bicyclic) bond motifs is 1. The Morgan fingerprint density at radius 3 is 2.55 bits per heavy atom. The van der Waals surface area contributed by atoms with Crippen molar-refractivity contribution in [3.8, 4) is 0 Å². The Morgan fingerprint density at radius 2 is 1.93 bits per heavy atom. The number of nitrogens with zero attached hydrogens (tertiary/aromatic N) is 6. The Balaban J connectivity index is 0.000000298. The predicted octanol–water partition coefficient (Wildman–Crippen LogP) is 1.93. The van der Waals surface area contributed by atoms with Crippen molar-refractivity contribution < 1.29 is 23.1 Å². The zero-order valence-electron chi connectivity index (χ0n) is 15.6. The van der Waals surface area contributed by atoms with Crippen LogP contribution in [0.1, 0.15) is 30.7 Å². The topological polar surface area (TPSA) is 109 Å².